The van der Waals surface area contributed by atoms with E-state index in [4.69, 9.17) is 9.47 Å². The van der Waals surface area contributed by atoms with Crippen molar-refractivity contribution in [1.82, 2.24) is 5.32 Å². The predicted octanol–water partition coefficient (Wildman–Crippen LogP) is 2.21. The summed E-state index contributed by atoms with van der Waals surface area (Å²) in [5.41, 5.74) is 0. The molecule has 0 aromatic rings. The van der Waals surface area contributed by atoms with Crippen LogP contribution in [0.1, 0.15) is 40.5 Å². The van der Waals surface area contributed by atoms with Crippen molar-refractivity contribution in [2.75, 3.05) is 26.4 Å². The summed E-state index contributed by atoms with van der Waals surface area (Å²) < 4.78 is 10.8. The molecule has 0 aliphatic carbocycles. The maximum atomic E-state index is 5.44. The van der Waals surface area contributed by atoms with Crippen LogP contribution in [0.2, 0.25) is 0 Å². The summed E-state index contributed by atoms with van der Waals surface area (Å²) in [6.07, 6.45) is 2.62. The smallest absolute Gasteiger partial charge is 0.0703 e. The molecule has 0 fully saturated rings. The Bertz CT molecular complexity index is 113. The Hall–Kier alpha value is -0.120. The van der Waals surface area contributed by atoms with Gasteiger partial charge in [0.15, 0.2) is 0 Å². The molecule has 1 N–H and O–H groups in total. The van der Waals surface area contributed by atoms with Gasteiger partial charge in [0.2, 0.25) is 0 Å². The third kappa shape index (κ3) is 13.9. The van der Waals surface area contributed by atoms with E-state index in [1.165, 1.54) is 6.42 Å². The second kappa shape index (κ2) is 10.4. The Labute approximate surface area is 94.5 Å². The van der Waals surface area contributed by atoms with E-state index in [-0.39, 0.29) is 0 Å². The van der Waals surface area contributed by atoms with Gasteiger partial charge >= 0.3 is 0 Å². The molecule has 0 unspecified atom stereocenters. The van der Waals surface area contributed by atoms with E-state index in [0.29, 0.717) is 18.8 Å². The molecule has 15 heavy (non-hydrogen) atoms. The zero-order chi connectivity index (χ0) is 11.5. The number of nitrogens with one attached hydrogen (secondary N) is 1. The molecule has 0 heterocycles. The largest absolute Gasteiger partial charge is 0.379 e. The summed E-state index contributed by atoms with van der Waals surface area (Å²) in [5.74, 6) is 0. The number of hydrogen-bond donors (Lipinski definition) is 1. The lowest BCUT2D eigenvalue weighted by Crippen LogP contribution is -2.23. The summed E-state index contributed by atoms with van der Waals surface area (Å²) in [7, 11) is 0. The first-order valence-electron chi connectivity index (χ1n) is 6.05. The van der Waals surface area contributed by atoms with Gasteiger partial charge in [-0.15, -0.1) is 0 Å². The summed E-state index contributed by atoms with van der Waals surface area (Å²) in [4.78, 5) is 0. The molecule has 0 radical (unpaired) electrons. The first kappa shape index (κ1) is 14.9. The van der Waals surface area contributed by atoms with Crippen molar-refractivity contribution >= 4 is 0 Å². The minimum atomic E-state index is 0.309. The minimum Gasteiger partial charge on any atom is -0.379 e. The SMILES string of the molecule is CC(C)NCCCCOCCOC(C)C. The first-order chi connectivity index (χ1) is 7.13. The van der Waals surface area contributed by atoms with E-state index >= 15 is 0 Å². The monoisotopic (exact) mass is 217 g/mol. The van der Waals surface area contributed by atoms with Crippen molar-refractivity contribution in [1.29, 1.82) is 0 Å². The molecule has 0 saturated heterocycles. The lowest BCUT2D eigenvalue weighted by atomic mass is 10.3. The van der Waals surface area contributed by atoms with Crippen molar-refractivity contribution < 1.29 is 9.47 Å². The van der Waals surface area contributed by atoms with Gasteiger partial charge in [-0.05, 0) is 33.2 Å². The molecule has 0 saturated carbocycles. The minimum absolute atomic E-state index is 0.309. The van der Waals surface area contributed by atoms with Gasteiger partial charge in [-0.1, -0.05) is 13.8 Å². The maximum absolute atomic E-state index is 5.44. The van der Waals surface area contributed by atoms with Gasteiger partial charge in [-0.25, -0.2) is 0 Å². The van der Waals surface area contributed by atoms with Crippen LogP contribution in [0.4, 0.5) is 0 Å². The van der Waals surface area contributed by atoms with Gasteiger partial charge < -0.3 is 14.8 Å². The second-order valence-electron chi connectivity index (χ2n) is 4.35. The standard InChI is InChI=1S/C12H27NO2/c1-11(2)13-7-5-6-8-14-9-10-15-12(3)4/h11-13H,5-10H2,1-4H3. The Morgan fingerprint density at radius 2 is 1.67 bits per heavy atom. The topological polar surface area (TPSA) is 30.5 Å². The van der Waals surface area contributed by atoms with Crippen molar-refractivity contribution in [2.24, 2.45) is 0 Å². The summed E-state index contributed by atoms with van der Waals surface area (Å²) in [6, 6.07) is 0.588. The highest BCUT2D eigenvalue weighted by molar-refractivity contribution is 4.52. The van der Waals surface area contributed by atoms with Crippen LogP contribution in [-0.2, 0) is 9.47 Å². The van der Waals surface area contributed by atoms with Gasteiger partial charge in [0, 0.05) is 12.6 Å². The third-order valence-electron chi connectivity index (χ3n) is 1.95. The fourth-order valence-electron chi connectivity index (χ4n) is 1.16. The molecule has 3 heteroatoms. The molecule has 0 aromatic carbocycles. The number of rotatable bonds is 10. The Morgan fingerprint density at radius 1 is 0.933 bits per heavy atom. The molecule has 92 valence electrons. The fraction of sp³-hybridized carbons (Fsp3) is 1.00. The number of ether oxygens (including phenoxy) is 2. The van der Waals surface area contributed by atoms with Gasteiger partial charge in [-0.2, -0.15) is 0 Å². The molecule has 0 bridgehead atoms. The molecule has 0 spiro atoms. The average Bonchev–Trinajstić information content (AvgIpc) is 2.14. The molecule has 0 rings (SSSR count). The summed E-state index contributed by atoms with van der Waals surface area (Å²) in [6.45, 7) is 11.8. The molecular weight excluding hydrogens is 190 g/mol. The highest BCUT2D eigenvalue weighted by Crippen LogP contribution is 1.91. The zero-order valence-electron chi connectivity index (χ0n) is 10.7. The van der Waals surface area contributed by atoms with E-state index in [9.17, 15) is 0 Å². The first-order valence-corrected chi connectivity index (χ1v) is 6.05. The van der Waals surface area contributed by atoms with Crippen LogP contribution in [0.5, 0.6) is 0 Å². The Balaban J connectivity index is 2.93. The predicted molar refractivity (Wildman–Crippen MR) is 64.3 cm³/mol. The molecule has 0 aromatic heterocycles. The number of hydrogen-bond acceptors (Lipinski definition) is 3. The van der Waals surface area contributed by atoms with Crippen LogP contribution in [0.3, 0.4) is 0 Å². The van der Waals surface area contributed by atoms with Crippen molar-refractivity contribution in [3.05, 3.63) is 0 Å². The van der Waals surface area contributed by atoms with Crippen molar-refractivity contribution in [3.8, 4) is 0 Å². The Morgan fingerprint density at radius 3 is 2.27 bits per heavy atom. The highest BCUT2D eigenvalue weighted by Gasteiger charge is 1.94. The zero-order valence-corrected chi connectivity index (χ0v) is 10.7. The molecular formula is C12H27NO2. The highest BCUT2D eigenvalue weighted by atomic mass is 16.5. The maximum Gasteiger partial charge on any atom is 0.0703 e. The molecule has 3 nitrogen and oxygen atoms in total. The van der Waals surface area contributed by atoms with Crippen molar-refractivity contribution in [2.45, 2.75) is 52.7 Å². The lowest BCUT2D eigenvalue weighted by molar-refractivity contribution is 0.0187. The van der Waals surface area contributed by atoms with Crippen LogP contribution in [0.15, 0.2) is 0 Å². The normalized spacial score (nSPS) is 11.6. The van der Waals surface area contributed by atoms with Crippen LogP contribution in [-0.4, -0.2) is 38.5 Å². The quantitative estimate of drug-likeness (QED) is 0.569. The van der Waals surface area contributed by atoms with Crippen LogP contribution in [0, 0.1) is 0 Å². The van der Waals surface area contributed by atoms with E-state index in [0.717, 1.165) is 26.2 Å². The second-order valence-corrected chi connectivity index (χ2v) is 4.35. The van der Waals surface area contributed by atoms with E-state index in [2.05, 4.69) is 19.2 Å². The Kier molecular flexibility index (Phi) is 10.3. The van der Waals surface area contributed by atoms with Gasteiger partial charge in [-0.3, -0.25) is 0 Å². The van der Waals surface area contributed by atoms with Crippen LogP contribution in [0.25, 0.3) is 0 Å². The van der Waals surface area contributed by atoms with Gasteiger partial charge in [0.05, 0.1) is 19.3 Å². The fourth-order valence-corrected chi connectivity index (χ4v) is 1.16. The molecule has 0 amide bonds. The summed E-state index contributed by atoms with van der Waals surface area (Å²) in [5, 5.41) is 3.38. The average molecular weight is 217 g/mol. The third-order valence-corrected chi connectivity index (χ3v) is 1.95. The lowest BCUT2D eigenvalue weighted by Gasteiger charge is -2.09. The van der Waals surface area contributed by atoms with Crippen LogP contribution < -0.4 is 5.32 Å². The van der Waals surface area contributed by atoms with Gasteiger partial charge in [0.25, 0.3) is 0 Å². The van der Waals surface area contributed by atoms with E-state index in [1.807, 2.05) is 13.8 Å². The van der Waals surface area contributed by atoms with Crippen molar-refractivity contribution in [3.63, 3.8) is 0 Å². The molecule has 0 aliphatic heterocycles. The van der Waals surface area contributed by atoms with Crippen LogP contribution >= 0.6 is 0 Å². The molecule has 0 atom stereocenters. The van der Waals surface area contributed by atoms with E-state index in [1.54, 1.807) is 0 Å². The summed E-state index contributed by atoms with van der Waals surface area (Å²) >= 11 is 0. The van der Waals surface area contributed by atoms with Gasteiger partial charge in [0.1, 0.15) is 0 Å². The van der Waals surface area contributed by atoms with E-state index < -0.39 is 0 Å². The number of unbranched alkanes of at least 4 members (excludes halogenated alkanes) is 1. The molecule has 0 aliphatic rings.